The fourth-order valence-corrected chi connectivity index (χ4v) is 3.63. The van der Waals surface area contributed by atoms with Gasteiger partial charge in [-0.1, -0.05) is 31.2 Å². The average molecular weight is 411 g/mol. The Labute approximate surface area is 180 Å². The maximum atomic E-state index is 5.41. The second-order valence-corrected chi connectivity index (χ2v) is 7.36. The number of benzene rings is 1. The molecule has 0 aliphatic carbocycles. The zero-order valence-electron chi connectivity index (χ0n) is 18.4. The van der Waals surface area contributed by atoms with Gasteiger partial charge < -0.3 is 25.2 Å². The normalized spacial score (nSPS) is 15.2. The van der Waals surface area contributed by atoms with E-state index in [1.165, 1.54) is 5.56 Å². The number of aliphatic imine (C=N–C) groups is 1. The highest BCUT2D eigenvalue weighted by Gasteiger charge is 2.16. The molecular weight excluding hydrogens is 376 g/mol. The van der Waals surface area contributed by atoms with Crippen molar-refractivity contribution in [1.29, 1.82) is 0 Å². The molecule has 1 aliphatic rings. The fraction of sp³-hybridized carbons (Fsp3) is 0.478. The Balaban J connectivity index is 1.43. The van der Waals surface area contributed by atoms with Gasteiger partial charge in [-0.3, -0.25) is 4.99 Å². The van der Waals surface area contributed by atoms with Gasteiger partial charge in [0.25, 0.3) is 0 Å². The van der Waals surface area contributed by atoms with Crippen LogP contribution in [-0.2, 0) is 13.0 Å². The minimum atomic E-state index is 0.686. The number of nitrogens with zero attached hydrogens (tertiary/aromatic N) is 4. The molecule has 30 heavy (non-hydrogen) atoms. The number of guanidine groups is 1. The van der Waals surface area contributed by atoms with Crippen LogP contribution in [0.2, 0.25) is 0 Å². The second-order valence-electron chi connectivity index (χ2n) is 7.36. The monoisotopic (exact) mass is 410 g/mol. The van der Waals surface area contributed by atoms with Crippen LogP contribution in [0.4, 0.5) is 5.82 Å². The van der Waals surface area contributed by atoms with E-state index in [0.717, 1.165) is 68.8 Å². The summed E-state index contributed by atoms with van der Waals surface area (Å²) in [5.41, 5.74) is 2.32. The molecule has 0 saturated carbocycles. The molecule has 3 rings (SSSR count). The number of hydrogen-bond donors (Lipinski definition) is 2. The summed E-state index contributed by atoms with van der Waals surface area (Å²) in [6.45, 7) is 9.11. The van der Waals surface area contributed by atoms with Crippen molar-refractivity contribution in [2.75, 3.05) is 58.3 Å². The highest BCUT2D eigenvalue weighted by molar-refractivity contribution is 5.79. The number of likely N-dealkylation sites (N-methyl/N-ethyl adjacent to an activating group) is 1. The van der Waals surface area contributed by atoms with E-state index in [-0.39, 0.29) is 0 Å². The third kappa shape index (κ3) is 6.10. The predicted octanol–water partition coefficient (Wildman–Crippen LogP) is 2.14. The van der Waals surface area contributed by atoms with Gasteiger partial charge in [0.2, 0.25) is 0 Å². The van der Waals surface area contributed by atoms with Crippen LogP contribution in [-0.4, -0.2) is 69.3 Å². The van der Waals surface area contributed by atoms with Crippen LogP contribution in [0.3, 0.4) is 0 Å². The van der Waals surface area contributed by atoms with E-state index in [0.29, 0.717) is 6.54 Å². The number of pyridine rings is 1. The Hall–Kier alpha value is -2.80. The van der Waals surface area contributed by atoms with E-state index in [1.807, 2.05) is 24.4 Å². The van der Waals surface area contributed by atoms with Gasteiger partial charge in [0, 0.05) is 52.5 Å². The highest BCUT2D eigenvalue weighted by Crippen LogP contribution is 2.17. The van der Waals surface area contributed by atoms with E-state index in [4.69, 9.17) is 4.74 Å². The van der Waals surface area contributed by atoms with Crippen molar-refractivity contribution in [1.82, 2.24) is 20.5 Å². The van der Waals surface area contributed by atoms with Crippen molar-refractivity contribution in [3.63, 3.8) is 0 Å². The Morgan fingerprint density at radius 1 is 1.10 bits per heavy atom. The number of anilines is 1. The Morgan fingerprint density at radius 2 is 1.90 bits per heavy atom. The smallest absolute Gasteiger partial charge is 0.191 e. The van der Waals surface area contributed by atoms with Crippen molar-refractivity contribution in [2.24, 2.45) is 4.99 Å². The molecule has 2 heterocycles. The van der Waals surface area contributed by atoms with Crippen molar-refractivity contribution < 1.29 is 4.74 Å². The molecule has 162 valence electrons. The summed E-state index contributed by atoms with van der Waals surface area (Å²) in [4.78, 5) is 13.8. The maximum Gasteiger partial charge on any atom is 0.191 e. The van der Waals surface area contributed by atoms with E-state index < -0.39 is 0 Å². The third-order valence-corrected chi connectivity index (χ3v) is 5.52. The zero-order chi connectivity index (χ0) is 21.2. The van der Waals surface area contributed by atoms with Crippen LogP contribution >= 0.6 is 0 Å². The lowest BCUT2D eigenvalue weighted by atomic mass is 10.1. The molecule has 0 amide bonds. The largest absolute Gasteiger partial charge is 0.496 e. The van der Waals surface area contributed by atoms with Crippen LogP contribution in [0.25, 0.3) is 0 Å². The van der Waals surface area contributed by atoms with Gasteiger partial charge in [-0.25, -0.2) is 4.98 Å². The summed E-state index contributed by atoms with van der Waals surface area (Å²) in [5.74, 6) is 2.77. The minimum Gasteiger partial charge on any atom is -0.496 e. The number of ether oxygens (including phenoxy) is 1. The number of rotatable bonds is 8. The molecule has 0 atom stereocenters. The molecule has 0 radical (unpaired) electrons. The van der Waals surface area contributed by atoms with Gasteiger partial charge in [0.05, 0.1) is 7.11 Å². The number of methoxy groups -OCH3 is 1. The van der Waals surface area contributed by atoms with Gasteiger partial charge >= 0.3 is 0 Å². The van der Waals surface area contributed by atoms with Crippen LogP contribution in [0.15, 0.2) is 47.6 Å². The van der Waals surface area contributed by atoms with Crippen LogP contribution in [0, 0.1) is 0 Å². The Morgan fingerprint density at radius 3 is 2.57 bits per heavy atom. The Kier molecular flexibility index (Phi) is 8.32. The first-order chi connectivity index (χ1) is 14.7. The molecule has 7 nitrogen and oxygen atoms in total. The van der Waals surface area contributed by atoms with E-state index in [2.05, 4.69) is 55.5 Å². The fourth-order valence-electron chi connectivity index (χ4n) is 3.63. The first-order valence-electron chi connectivity index (χ1n) is 10.7. The van der Waals surface area contributed by atoms with Gasteiger partial charge in [-0.05, 0) is 36.2 Å². The topological polar surface area (TPSA) is 65.0 Å². The van der Waals surface area contributed by atoms with Gasteiger partial charge in [-0.15, -0.1) is 0 Å². The summed E-state index contributed by atoms with van der Waals surface area (Å²) in [5, 5.41) is 6.72. The molecule has 2 N–H and O–H groups in total. The number of para-hydroxylation sites is 1. The first-order valence-corrected chi connectivity index (χ1v) is 10.7. The summed E-state index contributed by atoms with van der Waals surface area (Å²) in [6.07, 6.45) is 2.82. The van der Waals surface area contributed by atoms with E-state index in [9.17, 15) is 0 Å². The second kappa shape index (κ2) is 11.4. The third-order valence-electron chi connectivity index (χ3n) is 5.52. The van der Waals surface area contributed by atoms with Crippen LogP contribution < -0.4 is 20.3 Å². The lowest BCUT2D eigenvalue weighted by Gasteiger charge is -2.34. The first kappa shape index (κ1) is 21.9. The summed E-state index contributed by atoms with van der Waals surface area (Å²) >= 11 is 0. The quantitative estimate of drug-likeness (QED) is 0.514. The number of hydrogen-bond acceptors (Lipinski definition) is 5. The molecular formula is C23H34N6O. The van der Waals surface area contributed by atoms with Crippen LogP contribution in [0.1, 0.15) is 18.1 Å². The number of nitrogens with one attached hydrogen (secondary N) is 2. The SMILES string of the molecule is CCN1CCN(c2ccc(CNC(=NC)NCCc3ccccc3OC)cn2)CC1. The predicted molar refractivity (Wildman–Crippen MR) is 123 cm³/mol. The number of piperazine rings is 1. The van der Waals surface area contributed by atoms with Crippen molar-refractivity contribution >= 4 is 11.8 Å². The molecule has 1 saturated heterocycles. The standard InChI is InChI=1S/C23H34N6O/c1-4-28-13-15-29(16-14-28)22-10-9-19(17-26-22)18-27-23(24-2)25-12-11-20-7-5-6-8-21(20)30-3/h5-10,17H,4,11-16,18H2,1-3H3,(H2,24,25,27). The molecule has 7 heteroatoms. The maximum absolute atomic E-state index is 5.41. The van der Waals surface area contributed by atoms with E-state index in [1.54, 1.807) is 14.2 Å². The molecule has 0 spiro atoms. The summed E-state index contributed by atoms with van der Waals surface area (Å²) in [7, 11) is 3.49. The minimum absolute atomic E-state index is 0.686. The molecule has 1 fully saturated rings. The molecule has 1 aromatic carbocycles. The molecule has 0 unspecified atom stereocenters. The summed E-state index contributed by atoms with van der Waals surface area (Å²) < 4.78 is 5.41. The van der Waals surface area contributed by atoms with Crippen molar-refractivity contribution in [2.45, 2.75) is 19.9 Å². The van der Waals surface area contributed by atoms with Crippen LogP contribution in [0.5, 0.6) is 5.75 Å². The molecule has 2 aromatic rings. The van der Waals surface area contributed by atoms with Gasteiger partial charge in [0.1, 0.15) is 11.6 Å². The Bertz CT molecular complexity index is 800. The molecule has 1 aromatic heterocycles. The van der Waals surface area contributed by atoms with E-state index >= 15 is 0 Å². The lowest BCUT2D eigenvalue weighted by molar-refractivity contribution is 0.270. The number of aromatic nitrogens is 1. The highest BCUT2D eigenvalue weighted by atomic mass is 16.5. The zero-order valence-corrected chi connectivity index (χ0v) is 18.4. The van der Waals surface area contributed by atoms with Crippen molar-refractivity contribution in [3.8, 4) is 5.75 Å². The van der Waals surface area contributed by atoms with Crippen molar-refractivity contribution in [3.05, 3.63) is 53.7 Å². The molecule has 0 bridgehead atoms. The molecule has 1 aliphatic heterocycles. The van der Waals surface area contributed by atoms with Gasteiger partial charge in [-0.2, -0.15) is 0 Å². The lowest BCUT2D eigenvalue weighted by Crippen LogP contribution is -2.46. The summed E-state index contributed by atoms with van der Waals surface area (Å²) in [6, 6.07) is 12.4. The van der Waals surface area contributed by atoms with Gasteiger partial charge in [0.15, 0.2) is 5.96 Å². The average Bonchev–Trinajstić information content (AvgIpc) is 2.82.